The van der Waals surface area contributed by atoms with Crippen LogP contribution in [0.1, 0.15) is 11.1 Å². The maximum absolute atomic E-state index is 8.94. The summed E-state index contributed by atoms with van der Waals surface area (Å²) in [5.74, 6) is 5.06. The Balaban J connectivity index is 0.000000541. The molecule has 0 saturated carbocycles. The molecule has 0 spiro atoms. The summed E-state index contributed by atoms with van der Waals surface area (Å²) >= 11 is 3.54. The number of nitrogens with zero attached hydrogens (tertiary/aromatic N) is 1. The summed E-state index contributed by atoms with van der Waals surface area (Å²) < 4.78 is 6.74. The maximum atomic E-state index is 8.94. The summed E-state index contributed by atoms with van der Waals surface area (Å²) in [6.07, 6.45) is 2.16. The number of rotatable bonds is 5. The standard InChI is InChI=1S/C14H15BrN2O.CH4N2O/c1-10-6-7-17-14(8-10)18-9-11-12(15)4-3-5-13(11)16-2;2-3-1-4/h3-8,16H,9H2,1-2H3;1H,2H2,(H,3,4). The van der Waals surface area contributed by atoms with E-state index < -0.39 is 0 Å². The van der Waals surface area contributed by atoms with Gasteiger partial charge in [-0.15, -0.1) is 0 Å². The van der Waals surface area contributed by atoms with Crippen LogP contribution in [0.4, 0.5) is 5.69 Å². The highest BCUT2D eigenvalue weighted by Crippen LogP contribution is 2.25. The second-order valence-electron chi connectivity index (χ2n) is 4.26. The van der Waals surface area contributed by atoms with Crippen LogP contribution in [0.15, 0.2) is 41.0 Å². The van der Waals surface area contributed by atoms with Gasteiger partial charge < -0.3 is 10.1 Å². The van der Waals surface area contributed by atoms with Crippen LogP contribution in [0.25, 0.3) is 0 Å². The van der Waals surface area contributed by atoms with E-state index in [9.17, 15) is 0 Å². The number of aryl methyl sites for hydroxylation is 1. The van der Waals surface area contributed by atoms with Crippen molar-refractivity contribution in [2.45, 2.75) is 13.5 Å². The molecular formula is C15H19BrN4O2. The van der Waals surface area contributed by atoms with Crippen molar-refractivity contribution in [3.05, 3.63) is 52.1 Å². The van der Waals surface area contributed by atoms with Gasteiger partial charge in [-0.3, -0.25) is 10.2 Å². The lowest BCUT2D eigenvalue weighted by atomic mass is 10.2. The number of hydrazine groups is 1. The van der Waals surface area contributed by atoms with E-state index in [1.165, 1.54) is 0 Å². The summed E-state index contributed by atoms with van der Waals surface area (Å²) in [5.41, 5.74) is 5.03. The van der Waals surface area contributed by atoms with Crippen molar-refractivity contribution in [1.82, 2.24) is 10.4 Å². The molecule has 6 nitrogen and oxygen atoms in total. The summed E-state index contributed by atoms with van der Waals surface area (Å²) in [5, 5.41) is 3.15. The lowest BCUT2D eigenvalue weighted by Crippen LogP contribution is -2.18. The van der Waals surface area contributed by atoms with Gasteiger partial charge >= 0.3 is 0 Å². The van der Waals surface area contributed by atoms with E-state index in [0.717, 1.165) is 21.3 Å². The van der Waals surface area contributed by atoms with E-state index in [1.807, 2.05) is 44.3 Å². The highest BCUT2D eigenvalue weighted by molar-refractivity contribution is 9.10. The first-order chi connectivity index (χ1) is 10.6. The van der Waals surface area contributed by atoms with Crippen molar-refractivity contribution in [3.63, 3.8) is 0 Å². The van der Waals surface area contributed by atoms with Gasteiger partial charge in [0.2, 0.25) is 12.3 Å². The second-order valence-corrected chi connectivity index (χ2v) is 5.11. The fourth-order valence-electron chi connectivity index (χ4n) is 1.67. The van der Waals surface area contributed by atoms with Gasteiger partial charge in [0.05, 0.1) is 0 Å². The maximum Gasteiger partial charge on any atom is 0.221 e. The Labute approximate surface area is 138 Å². The zero-order valence-corrected chi connectivity index (χ0v) is 14.1. The molecule has 0 unspecified atom stereocenters. The number of benzene rings is 1. The average Bonchev–Trinajstić information content (AvgIpc) is 2.53. The number of aromatic nitrogens is 1. The van der Waals surface area contributed by atoms with Crippen LogP contribution < -0.4 is 21.3 Å². The molecule has 7 heteroatoms. The smallest absolute Gasteiger partial charge is 0.221 e. The number of ether oxygens (including phenoxy) is 1. The molecule has 1 amide bonds. The van der Waals surface area contributed by atoms with Crippen molar-refractivity contribution in [2.24, 2.45) is 5.84 Å². The highest BCUT2D eigenvalue weighted by atomic mass is 79.9. The molecule has 1 aromatic carbocycles. The van der Waals surface area contributed by atoms with Gasteiger partial charge in [-0.05, 0) is 30.7 Å². The van der Waals surface area contributed by atoms with E-state index in [2.05, 4.69) is 32.1 Å². The molecule has 2 aromatic rings. The Kier molecular flexibility index (Phi) is 7.95. The first-order valence-electron chi connectivity index (χ1n) is 6.52. The number of hydrogen-bond acceptors (Lipinski definition) is 5. The topological polar surface area (TPSA) is 89.3 Å². The molecule has 4 N–H and O–H groups in total. The van der Waals surface area contributed by atoms with Gasteiger partial charge in [0.1, 0.15) is 6.61 Å². The molecule has 1 heterocycles. The minimum atomic E-state index is 0.403. The molecule has 0 radical (unpaired) electrons. The Morgan fingerprint density at radius 3 is 2.73 bits per heavy atom. The van der Waals surface area contributed by atoms with Crippen LogP contribution in [0.5, 0.6) is 5.88 Å². The number of pyridine rings is 1. The van der Waals surface area contributed by atoms with Gasteiger partial charge in [0, 0.05) is 35.0 Å². The van der Waals surface area contributed by atoms with E-state index in [4.69, 9.17) is 9.53 Å². The number of amides is 1. The largest absolute Gasteiger partial charge is 0.473 e. The third kappa shape index (κ3) is 5.71. The fraction of sp³-hybridized carbons (Fsp3) is 0.200. The fourth-order valence-corrected chi connectivity index (χ4v) is 2.15. The lowest BCUT2D eigenvalue weighted by Gasteiger charge is -2.12. The van der Waals surface area contributed by atoms with Crippen molar-refractivity contribution in [3.8, 4) is 5.88 Å². The van der Waals surface area contributed by atoms with Crippen LogP contribution in [-0.4, -0.2) is 18.4 Å². The molecule has 0 saturated heterocycles. The first kappa shape index (κ1) is 17.9. The van der Waals surface area contributed by atoms with Gasteiger partial charge in [0.15, 0.2) is 0 Å². The molecule has 1 aromatic heterocycles. The quantitative estimate of drug-likeness (QED) is 0.327. The lowest BCUT2D eigenvalue weighted by molar-refractivity contribution is -0.109. The van der Waals surface area contributed by atoms with Crippen LogP contribution in [0, 0.1) is 6.92 Å². The first-order valence-corrected chi connectivity index (χ1v) is 7.32. The third-order valence-electron chi connectivity index (χ3n) is 2.71. The molecule has 0 bridgehead atoms. The minimum absolute atomic E-state index is 0.403. The molecule has 0 aliphatic rings. The van der Waals surface area contributed by atoms with Crippen molar-refractivity contribution >= 4 is 28.0 Å². The summed E-state index contributed by atoms with van der Waals surface area (Å²) in [4.78, 5) is 13.1. The molecular weight excluding hydrogens is 348 g/mol. The Bertz CT molecular complexity index is 608. The molecule has 0 aliphatic carbocycles. The van der Waals surface area contributed by atoms with Crippen molar-refractivity contribution < 1.29 is 9.53 Å². The summed E-state index contributed by atoms with van der Waals surface area (Å²) in [6.45, 7) is 2.50. The SMILES string of the molecule is CNc1cccc(Br)c1COc1cc(C)ccn1.NNC=O. The van der Waals surface area contributed by atoms with E-state index in [1.54, 1.807) is 11.6 Å². The predicted octanol–water partition coefficient (Wildman–Crippen LogP) is 2.38. The van der Waals surface area contributed by atoms with E-state index in [-0.39, 0.29) is 0 Å². The highest BCUT2D eigenvalue weighted by Gasteiger charge is 2.06. The van der Waals surface area contributed by atoms with Gasteiger partial charge in [-0.2, -0.15) is 0 Å². The molecule has 0 atom stereocenters. The van der Waals surface area contributed by atoms with Crippen LogP contribution >= 0.6 is 15.9 Å². The zero-order valence-electron chi connectivity index (χ0n) is 12.5. The number of hydrogen-bond donors (Lipinski definition) is 3. The average molecular weight is 367 g/mol. The predicted molar refractivity (Wildman–Crippen MR) is 90.4 cm³/mol. The van der Waals surface area contributed by atoms with Crippen LogP contribution in [0.3, 0.4) is 0 Å². The number of carbonyl (C=O) groups excluding carboxylic acids is 1. The van der Waals surface area contributed by atoms with Gasteiger partial charge in [-0.1, -0.05) is 22.0 Å². The molecule has 2 rings (SSSR count). The van der Waals surface area contributed by atoms with Gasteiger partial charge in [0.25, 0.3) is 0 Å². The second kappa shape index (κ2) is 9.75. The van der Waals surface area contributed by atoms with Crippen molar-refractivity contribution in [1.29, 1.82) is 0 Å². The number of nitrogens with one attached hydrogen (secondary N) is 2. The number of anilines is 1. The Morgan fingerprint density at radius 2 is 2.14 bits per heavy atom. The van der Waals surface area contributed by atoms with Crippen LogP contribution in [0.2, 0.25) is 0 Å². The van der Waals surface area contributed by atoms with E-state index >= 15 is 0 Å². The third-order valence-corrected chi connectivity index (χ3v) is 3.45. The minimum Gasteiger partial charge on any atom is -0.473 e. The molecule has 0 aliphatic heterocycles. The summed E-state index contributed by atoms with van der Waals surface area (Å²) in [7, 11) is 1.90. The zero-order chi connectivity index (χ0) is 16.4. The number of carbonyl (C=O) groups is 1. The molecule has 118 valence electrons. The molecule has 0 fully saturated rings. The Hall–Kier alpha value is -2.12. The van der Waals surface area contributed by atoms with E-state index in [0.29, 0.717) is 18.9 Å². The number of halogens is 1. The number of nitrogens with two attached hydrogens (primary N) is 1. The normalized spacial score (nSPS) is 9.27. The summed E-state index contributed by atoms with van der Waals surface area (Å²) in [6, 6.07) is 9.89. The van der Waals surface area contributed by atoms with Gasteiger partial charge in [-0.25, -0.2) is 10.8 Å². The molecule has 22 heavy (non-hydrogen) atoms. The van der Waals surface area contributed by atoms with Crippen molar-refractivity contribution in [2.75, 3.05) is 12.4 Å². The monoisotopic (exact) mass is 366 g/mol. The Morgan fingerprint density at radius 1 is 1.41 bits per heavy atom. The van der Waals surface area contributed by atoms with Crippen LogP contribution in [-0.2, 0) is 11.4 Å².